The largest absolute Gasteiger partial charge is 0.444 e. The van der Waals surface area contributed by atoms with Crippen LogP contribution in [0.5, 0.6) is 0 Å². The van der Waals surface area contributed by atoms with Crippen molar-refractivity contribution in [3.05, 3.63) is 35.4 Å². The number of halogens is 3. The summed E-state index contributed by atoms with van der Waals surface area (Å²) in [6.07, 6.45) is -4.62. The Hall–Kier alpha value is -1.80. The van der Waals surface area contributed by atoms with Crippen LogP contribution in [0, 0.1) is 0 Å². The monoisotopic (exact) mass is 374 g/mol. The van der Waals surface area contributed by atoms with Crippen LogP contribution >= 0.6 is 0 Å². The Morgan fingerprint density at radius 2 is 1.81 bits per heavy atom. The molecule has 0 spiro atoms. The first-order valence-electron chi connectivity index (χ1n) is 8.47. The quantitative estimate of drug-likeness (QED) is 0.879. The molecule has 1 heterocycles. The number of nitrogens with zero attached hydrogens (tertiary/aromatic N) is 1. The zero-order valence-electron chi connectivity index (χ0n) is 15.2. The second kappa shape index (κ2) is 7.84. The molecule has 0 radical (unpaired) electrons. The van der Waals surface area contributed by atoms with Crippen molar-refractivity contribution in [3.63, 3.8) is 0 Å². The van der Waals surface area contributed by atoms with Gasteiger partial charge < -0.3 is 20.1 Å². The third kappa shape index (κ3) is 5.88. The fraction of sp³-hybridized carbons (Fsp3) is 0.611. The molecule has 0 bridgehead atoms. The summed E-state index contributed by atoms with van der Waals surface area (Å²) in [4.78, 5) is 13.6. The van der Waals surface area contributed by atoms with Crippen molar-refractivity contribution < 1.29 is 27.4 Å². The summed E-state index contributed by atoms with van der Waals surface area (Å²) in [5.74, 6) is 0. The third-order valence-electron chi connectivity index (χ3n) is 3.96. The number of hydrogen-bond acceptors (Lipinski definition) is 4. The molecule has 1 saturated heterocycles. The summed E-state index contributed by atoms with van der Waals surface area (Å²) < 4.78 is 48.7. The van der Waals surface area contributed by atoms with Crippen LogP contribution in [-0.2, 0) is 22.1 Å². The van der Waals surface area contributed by atoms with Crippen LogP contribution < -0.4 is 5.73 Å². The molecule has 8 heteroatoms. The molecule has 1 fully saturated rings. The van der Waals surface area contributed by atoms with Crippen LogP contribution in [0.25, 0.3) is 0 Å². The lowest BCUT2D eigenvalue weighted by atomic mass is 10.1. The minimum Gasteiger partial charge on any atom is -0.444 e. The maximum atomic E-state index is 12.5. The van der Waals surface area contributed by atoms with Gasteiger partial charge in [0.15, 0.2) is 0 Å². The van der Waals surface area contributed by atoms with E-state index in [0.717, 1.165) is 17.7 Å². The first kappa shape index (κ1) is 20.5. The third-order valence-corrected chi connectivity index (χ3v) is 3.96. The van der Waals surface area contributed by atoms with Crippen LogP contribution in [0.1, 0.15) is 31.9 Å². The molecule has 1 amide bonds. The van der Waals surface area contributed by atoms with E-state index < -0.39 is 23.4 Å². The normalized spacial score (nSPS) is 21.1. The molecule has 1 aromatic rings. The molecule has 2 atom stereocenters. The average molecular weight is 374 g/mol. The maximum absolute atomic E-state index is 12.5. The molecule has 1 aliphatic heterocycles. The number of alkyl halides is 3. The van der Waals surface area contributed by atoms with Gasteiger partial charge in [-0.1, -0.05) is 12.1 Å². The fourth-order valence-corrected chi connectivity index (χ4v) is 2.64. The van der Waals surface area contributed by atoms with Gasteiger partial charge >= 0.3 is 12.3 Å². The number of amides is 1. The van der Waals surface area contributed by atoms with Crippen molar-refractivity contribution in [1.29, 1.82) is 0 Å². The average Bonchev–Trinajstić information content (AvgIpc) is 2.87. The van der Waals surface area contributed by atoms with Crippen LogP contribution in [-0.4, -0.2) is 48.4 Å². The smallest absolute Gasteiger partial charge is 0.416 e. The van der Waals surface area contributed by atoms with Gasteiger partial charge in [-0.2, -0.15) is 13.2 Å². The minimum atomic E-state index is -4.34. The lowest BCUT2D eigenvalue weighted by Gasteiger charge is -2.24. The van der Waals surface area contributed by atoms with Crippen LogP contribution in [0.2, 0.25) is 0 Å². The number of carbonyl (C=O) groups excluding carboxylic acids is 1. The van der Waals surface area contributed by atoms with Gasteiger partial charge in [0.25, 0.3) is 0 Å². The van der Waals surface area contributed by atoms with Crippen molar-refractivity contribution in [1.82, 2.24) is 4.90 Å². The number of ether oxygens (including phenoxy) is 2. The summed E-state index contributed by atoms with van der Waals surface area (Å²) >= 11 is 0. The number of benzene rings is 1. The van der Waals surface area contributed by atoms with Crippen molar-refractivity contribution in [2.24, 2.45) is 5.73 Å². The van der Waals surface area contributed by atoms with Gasteiger partial charge in [0, 0.05) is 6.54 Å². The first-order valence-corrected chi connectivity index (χ1v) is 8.47. The van der Waals surface area contributed by atoms with Gasteiger partial charge in [0.05, 0.1) is 30.9 Å². The highest BCUT2D eigenvalue weighted by Crippen LogP contribution is 2.29. The van der Waals surface area contributed by atoms with Crippen molar-refractivity contribution >= 4 is 6.09 Å². The molecule has 26 heavy (non-hydrogen) atoms. The zero-order chi connectivity index (χ0) is 19.5. The number of likely N-dealkylation sites (tertiary alicyclic amines) is 1. The molecule has 5 nitrogen and oxygen atoms in total. The molecular weight excluding hydrogens is 349 g/mol. The Labute approximate surface area is 151 Å². The Morgan fingerprint density at radius 3 is 2.35 bits per heavy atom. The molecule has 0 aliphatic carbocycles. The molecule has 1 aromatic carbocycles. The SMILES string of the molecule is CC(C)(C)OC(=O)N1C[C@@H](N)[C@H](OCCc2ccc(C(F)(F)F)cc2)C1. The van der Waals surface area contributed by atoms with Gasteiger partial charge in [-0.25, -0.2) is 4.79 Å². The summed E-state index contributed by atoms with van der Waals surface area (Å²) in [5, 5.41) is 0. The predicted octanol–water partition coefficient (Wildman–Crippen LogP) is 3.21. The number of rotatable bonds is 4. The van der Waals surface area contributed by atoms with Gasteiger partial charge in [-0.15, -0.1) is 0 Å². The first-order chi connectivity index (χ1) is 12.0. The molecule has 2 N–H and O–H groups in total. The summed E-state index contributed by atoms with van der Waals surface area (Å²) in [7, 11) is 0. The molecule has 0 unspecified atom stereocenters. The van der Waals surface area contributed by atoms with Gasteiger partial charge in [0.1, 0.15) is 5.60 Å². The minimum absolute atomic E-state index is 0.311. The van der Waals surface area contributed by atoms with E-state index in [-0.39, 0.29) is 12.1 Å². The summed E-state index contributed by atoms with van der Waals surface area (Å²) in [6.45, 7) is 6.37. The maximum Gasteiger partial charge on any atom is 0.416 e. The molecule has 146 valence electrons. The van der Waals surface area contributed by atoms with Crippen molar-refractivity contribution in [2.75, 3.05) is 19.7 Å². The van der Waals surface area contributed by atoms with Crippen molar-refractivity contribution in [2.45, 2.75) is 51.1 Å². The van der Waals surface area contributed by atoms with Crippen LogP contribution in [0.3, 0.4) is 0 Å². The number of carbonyl (C=O) groups is 1. The number of hydrogen-bond donors (Lipinski definition) is 1. The second-order valence-electron chi connectivity index (χ2n) is 7.40. The number of nitrogens with two attached hydrogens (primary N) is 1. The van der Waals surface area contributed by atoms with Gasteiger partial charge in [-0.05, 0) is 44.9 Å². The highest BCUT2D eigenvalue weighted by molar-refractivity contribution is 5.68. The Kier molecular flexibility index (Phi) is 6.18. The van der Waals surface area contributed by atoms with E-state index in [1.165, 1.54) is 17.0 Å². The highest BCUT2D eigenvalue weighted by atomic mass is 19.4. The topological polar surface area (TPSA) is 64.8 Å². The molecule has 0 saturated carbocycles. The Morgan fingerprint density at radius 1 is 1.19 bits per heavy atom. The Bertz CT molecular complexity index is 612. The van der Waals surface area contributed by atoms with E-state index in [0.29, 0.717) is 26.1 Å². The summed E-state index contributed by atoms with van der Waals surface area (Å²) in [6, 6.07) is 4.67. The molecule has 1 aliphatic rings. The fourth-order valence-electron chi connectivity index (χ4n) is 2.64. The second-order valence-corrected chi connectivity index (χ2v) is 7.40. The van der Waals surface area contributed by atoms with Crippen molar-refractivity contribution in [3.8, 4) is 0 Å². The Balaban J connectivity index is 1.80. The van der Waals surface area contributed by atoms with E-state index in [9.17, 15) is 18.0 Å². The van der Waals surface area contributed by atoms with E-state index in [1.54, 1.807) is 20.8 Å². The van der Waals surface area contributed by atoms with E-state index in [1.807, 2.05) is 0 Å². The predicted molar refractivity (Wildman–Crippen MR) is 90.7 cm³/mol. The van der Waals surface area contributed by atoms with Crippen LogP contribution in [0.15, 0.2) is 24.3 Å². The lowest BCUT2D eigenvalue weighted by Crippen LogP contribution is -2.37. The molecule has 2 rings (SSSR count). The standard InChI is InChI=1S/C18H25F3N2O3/c1-17(2,3)26-16(24)23-10-14(22)15(11-23)25-9-8-12-4-6-13(7-5-12)18(19,20)21/h4-7,14-15H,8-11,22H2,1-3H3/t14-,15-/m1/s1. The lowest BCUT2D eigenvalue weighted by molar-refractivity contribution is -0.137. The van der Waals surface area contributed by atoms with Gasteiger partial charge in [0.2, 0.25) is 0 Å². The van der Waals surface area contributed by atoms with E-state index in [2.05, 4.69) is 0 Å². The molecular formula is C18H25F3N2O3. The molecule has 0 aromatic heterocycles. The highest BCUT2D eigenvalue weighted by Gasteiger charge is 2.35. The van der Waals surface area contributed by atoms with Crippen LogP contribution in [0.4, 0.5) is 18.0 Å². The summed E-state index contributed by atoms with van der Waals surface area (Å²) in [5.41, 5.74) is 5.51. The van der Waals surface area contributed by atoms with Gasteiger partial charge in [-0.3, -0.25) is 0 Å². The van der Waals surface area contributed by atoms with E-state index >= 15 is 0 Å². The van der Waals surface area contributed by atoms with E-state index in [4.69, 9.17) is 15.2 Å². The zero-order valence-corrected chi connectivity index (χ0v) is 15.2.